The second-order valence-electron chi connectivity index (χ2n) is 7.55. The Bertz CT molecular complexity index is 1250. The lowest BCUT2D eigenvalue weighted by molar-refractivity contribution is 0.102. The molecule has 0 spiro atoms. The van der Waals surface area contributed by atoms with E-state index < -0.39 is 0 Å². The third kappa shape index (κ3) is 6.03. The third-order valence-electron chi connectivity index (χ3n) is 4.78. The molecule has 4 rings (SSSR count). The van der Waals surface area contributed by atoms with Crippen molar-refractivity contribution in [2.24, 2.45) is 16.5 Å². The number of nitrogens with zero attached hydrogens (tertiary/aromatic N) is 5. The van der Waals surface area contributed by atoms with Crippen molar-refractivity contribution in [1.29, 1.82) is 0 Å². The number of nitrogens with two attached hydrogens (primary N) is 2. The number of allylic oxidation sites excluding steroid dienone is 1. The minimum Gasteiger partial charge on any atom is -0.402 e. The molecule has 1 amide bonds. The van der Waals surface area contributed by atoms with E-state index in [4.69, 9.17) is 23.1 Å². The van der Waals surface area contributed by atoms with E-state index in [1.54, 1.807) is 55.6 Å². The summed E-state index contributed by atoms with van der Waals surface area (Å²) in [5.74, 6) is 1.59. The van der Waals surface area contributed by atoms with Crippen molar-refractivity contribution in [1.82, 2.24) is 15.0 Å². The first kappa shape index (κ1) is 23.5. The number of nitrogens with one attached hydrogen (secondary N) is 1. The molecule has 0 atom stereocenters. The molecule has 34 heavy (non-hydrogen) atoms. The quantitative estimate of drug-likeness (QED) is 0.255. The van der Waals surface area contributed by atoms with Crippen LogP contribution in [-0.4, -0.2) is 39.8 Å². The summed E-state index contributed by atoms with van der Waals surface area (Å²) in [5, 5.41) is 3.64. The molecule has 5 N–H and O–H groups in total. The van der Waals surface area contributed by atoms with Crippen LogP contribution in [0.2, 0.25) is 5.02 Å². The van der Waals surface area contributed by atoms with Gasteiger partial charge in [-0.2, -0.15) is 0 Å². The molecule has 2 aromatic heterocycles. The number of hydrogen-bond acceptors (Lipinski definition) is 8. The largest absolute Gasteiger partial charge is 0.402 e. The van der Waals surface area contributed by atoms with E-state index in [-0.39, 0.29) is 11.7 Å². The fourth-order valence-corrected chi connectivity index (χ4v) is 4.01. The maximum absolute atomic E-state index is 12.4. The van der Waals surface area contributed by atoms with Gasteiger partial charge >= 0.3 is 0 Å². The van der Waals surface area contributed by atoms with Crippen LogP contribution in [0.15, 0.2) is 75.5 Å². The van der Waals surface area contributed by atoms with Crippen LogP contribution in [0.4, 0.5) is 17.5 Å². The number of carbonyl (C=O) groups is 1. The van der Waals surface area contributed by atoms with Gasteiger partial charge in [0.2, 0.25) is 0 Å². The zero-order valence-electron chi connectivity index (χ0n) is 18.4. The van der Waals surface area contributed by atoms with E-state index in [0.29, 0.717) is 33.1 Å². The van der Waals surface area contributed by atoms with Crippen molar-refractivity contribution in [2.75, 3.05) is 23.3 Å². The lowest BCUT2D eigenvalue weighted by Gasteiger charge is -2.32. The van der Waals surface area contributed by atoms with Crippen LogP contribution >= 0.6 is 23.4 Å². The maximum Gasteiger partial charge on any atom is 0.258 e. The Hall–Kier alpha value is -3.63. The predicted octanol–water partition coefficient (Wildman–Crippen LogP) is 3.99. The van der Waals surface area contributed by atoms with Gasteiger partial charge in [-0.25, -0.2) is 19.9 Å². The van der Waals surface area contributed by atoms with Gasteiger partial charge in [0.05, 0.1) is 10.6 Å². The van der Waals surface area contributed by atoms with Crippen molar-refractivity contribution < 1.29 is 4.79 Å². The number of amidine groups is 1. The maximum atomic E-state index is 12.4. The molecule has 9 nitrogen and oxygen atoms in total. The monoisotopic (exact) mass is 494 g/mol. The van der Waals surface area contributed by atoms with E-state index in [1.165, 1.54) is 11.8 Å². The summed E-state index contributed by atoms with van der Waals surface area (Å²) in [6, 6.07) is 12.2. The molecular weight excluding hydrogens is 472 g/mol. The van der Waals surface area contributed by atoms with Crippen LogP contribution in [0.25, 0.3) is 0 Å². The molecule has 1 fully saturated rings. The van der Waals surface area contributed by atoms with Crippen molar-refractivity contribution >= 4 is 52.6 Å². The normalized spacial score (nSPS) is 14.0. The molecule has 1 aromatic carbocycles. The van der Waals surface area contributed by atoms with E-state index in [0.717, 1.165) is 30.2 Å². The highest BCUT2D eigenvalue weighted by Gasteiger charge is 2.18. The number of benzene rings is 1. The topological polar surface area (TPSA) is 135 Å². The van der Waals surface area contributed by atoms with Gasteiger partial charge in [-0.3, -0.25) is 4.79 Å². The highest BCUT2D eigenvalue weighted by Crippen LogP contribution is 2.30. The first-order valence-corrected chi connectivity index (χ1v) is 11.7. The average molecular weight is 495 g/mol. The average Bonchev–Trinajstić information content (AvgIpc) is 2.73. The Kier molecular flexibility index (Phi) is 7.29. The van der Waals surface area contributed by atoms with Gasteiger partial charge < -0.3 is 21.7 Å². The molecular formula is C23H23ClN8OS. The number of hydrogen-bond donors (Lipinski definition) is 3. The van der Waals surface area contributed by atoms with Crippen molar-refractivity contribution in [3.8, 4) is 0 Å². The number of rotatable bonds is 7. The Morgan fingerprint density at radius 2 is 2.00 bits per heavy atom. The standard InChI is InChI=1S/C23H23ClN8OS/c1-14(25)11-18(26)28-20-12-21(32-9-4-10-32)31-23(30-20)34-15-7-8-19(27-13-15)29-22(33)16-5-2-3-6-17(16)24/h2-3,5-8,11-13H,4,9-10,25H2,1H3,(H,27,29,33)(H2,26,28,30,31). The fourth-order valence-electron chi connectivity index (χ4n) is 3.06. The SMILES string of the molecule is CC(N)=CC(N)=Nc1cc(N2CCC2)nc(Sc2ccc(NC(=O)c3ccccc3Cl)nc2)n1. The van der Waals surface area contributed by atoms with E-state index in [9.17, 15) is 4.79 Å². The predicted molar refractivity (Wildman–Crippen MR) is 136 cm³/mol. The van der Waals surface area contributed by atoms with E-state index in [1.807, 2.05) is 6.07 Å². The highest BCUT2D eigenvalue weighted by molar-refractivity contribution is 7.99. The summed E-state index contributed by atoms with van der Waals surface area (Å²) in [5.41, 5.74) is 12.6. The Morgan fingerprint density at radius 3 is 2.65 bits per heavy atom. The Balaban J connectivity index is 1.51. The molecule has 0 saturated carbocycles. The minimum atomic E-state index is -0.328. The van der Waals surface area contributed by atoms with Gasteiger partial charge in [0.1, 0.15) is 17.5 Å². The number of pyridine rings is 1. The third-order valence-corrected chi connectivity index (χ3v) is 5.96. The smallest absolute Gasteiger partial charge is 0.258 e. The van der Waals surface area contributed by atoms with Gasteiger partial charge in [-0.05, 0) is 55.4 Å². The van der Waals surface area contributed by atoms with Crippen LogP contribution in [-0.2, 0) is 0 Å². The summed E-state index contributed by atoms with van der Waals surface area (Å²) in [7, 11) is 0. The van der Waals surface area contributed by atoms with E-state index >= 15 is 0 Å². The van der Waals surface area contributed by atoms with Gasteiger partial charge in [0.15, 0.2) is 11.0 Å². The fraction of sp³-hybridized carbons (Fsp3) is 0.174. The molecule has 1 aliphatic heterocycles. The molecule has 3 aromatic rings. The molecule has 1 aliphatic rings. The lowest BCUT2D eigenvalue weighted by Crippen LogP contribution is -2.37. The number of anilines is 2. The molecule has 0 radical (unpaired) electrons. The van der Waals surface area contributed by atoms with Crippen LogP contribution in [0.5, 0.6) is 0 Å². The summed E-state index contributed by atoms with van der Waals surface area (Å²) in [6.45, 7) is 3.61. The van der Waals surface area contributed by atoms with Crippen LogP contribution in [0.1, 0.15) is 23.7 Å². The van der Waals surface area contributed by atoms with Gasteiger partial charge in [-0.15, -0.1) is 0 Å². The zero-order valence-corrected chi connectivity index (χ0v) is 20.0. The Labute approximate surface area is 206 Å². The molecule has 0 aliphatic carbocycles. The first-order valence-electron chi connectivity index (χ1n) is 10.5. The number of aliphatic imine (C=N–C) groups is 1. The molecule has 3 heterocycles. The van der Waals surface area contributed by atoms with Gasteiger partial charge in [-0.1, -0.05) is 23.7 Å². The van der Waals surface area contributed by atoms with Crippen molar-refractivity contribution in [3.05, 3.63) is 71.0 Å². The first-order chi connectivity index (χ1) is 16.4. The highest BCUT2D eigenvalue weighted by atomic mass is 35.5. The molecule has 0 unspecified atom stereocenters. The molecule has 1 saturated heterocycles. The van der Waals surface area contributed by atoms with Crippen LogP contribution in [0, 0.1) is 0 Å². The Morgan fingerprint density at radius 1 is 1.21 bits per heavy atom. The van der Waals surface area contributed by atoms with E-state index in [2.05, 4.69) is 30.2 Å². The van der Waals surface area contributed by atoms with Crippen molar-refractivity contribution in [2.45, 2.75) is 23.4 Å². The molecule has 11 heteroatoms. The zero-order chi connectivity index (χ0) is 24.1. The summed E-state index contributed by atoms with van der Waals surface area (Å²) < 4.78 is 0. The minimum absolute atomic E-state index is 0.268. The summed E-state index contributed by atoms with van der Waals surface area (Å²) >= 11 is 7.43. The summed E-state index contributed by atoms with van der Waals surface area (Å²) in [4.78, 5) is 33.2. The van der Waals surface area contributed by atoms with Gasteiger partial charge in [0.25, 0.3) is 5.91 Å². The lowest BCUT2D eigenvalue weighted by atomic mass is 10.2. The second-order valence-corrected chi connectivity index (χ2v) is 9.00. The number of amides is 1. The van der Waals surface area contributed by atoms with Crippen LogP contribution in [0.3, 0.4) is 0 Å². The second kappa shape index (κ2) is 10.5. The number of carbonyl (C=O) groups excluding carboxylic acids is 1. The van der Waals surface area contributed by atoms with Crippen molar-refractivity contribution in [3.63, 3.8) is 0 Å². The van der Waals surface area contributed by atoms with Crippen LogP contribution < -0.4 is 21.7 Å². The molecule has 174 valence electrons. The van der Waals surface area contributed by atoms with Gasteiger partial charge in [0, 0.05) is 35.9 Å². The number of aromatic nitrogens is 3. The summed E-state index contributed by atoms with van der Waals surface area (Å²) in [6.07, 6.45) is 4.34. The molecule has 0 bridgehead atoms. The number of halogens is 1.